The van der Waals surface area contributed by atoms with Crippen LogP contribution >= 0.6 is 15.9 Å². The lowest BCUT2D eigenvalue weighted by molar-refractivity contribution is -0.384. The summed E-state index contributed by atoms with van der Waals surface area (Å²) >= 11 is 3.36. The summed E-state index contributed by atoms with van der Waals surface area (Å²) in [5.74, 6) is 0.830. The van der Waals surface area contributed by atoms with Gasteiger partial charge in [0.15, 0.2) is 0 Å². The number of non-ortho nitro benzene ring substituents is 1. The Bertz CT molecular complexity index is 629. The van der Waals surface area contributed by atoms with Crippen LogP contribution in [-0.2, 0) is 13.1 Å². The fourth-order valence-electron chi connectivity index (χ4n) is 1.88. The number of hydrogen-bond acceptors (Lipinski definition) is 4. The van der Waals surface area contributed by atoms with E-state index in [0.29, 0.717) is 13.1 Å². The standard InChI is InChI=1S/C15H15BrN2O3/c1-21-14-6-2-11(3-7-14)9-17-10-12-4-5-13(18(19)20)8-15(12)16/h2-8,17H,9-10H2,1H3. The third-order valence-corrected chi connectivity index (χ3v) is 3.79. The summed E-state index contributed by atoms with van der Waals surface area (Å²) in [6, 6.07) is 12.6. The zero-order valence-corrected chi connectivity index (χ0v) is 13.1. The smallest absolute Gasteiger partial charge is 0.270 e. The number of benzene rings is 2. The van der Waals surface area contributed by atoms with Crippen molar-refractivity contribution in [2.75, 3.05) is 7.11 Å². The molecule has 0 saturated carbocycles. The molecule has 110 valence electrons. The maximum atomic E-state index is 10.7. The SMILES string of the molecule is COc1ccc(CNCc2ccc([N+](=O)[O-])cc2Br)cc1. The van der Waals surface area contributed by atoms with Gasteiger partial charge in [-0.1, -0.05) is 28.1 Å². The molecule has 2 rings (SSSR count). The van der Waals surface area contributed by atoms with Crippen molar-refractivity contribution in [3.05, 3.63) is 68.2 Å². The summed E-state index contributed by atoms with van der Waals surface area (Å²) in [5, 5.41) is 14.0. The first-order valence-corrected chi connectivity index (χ1v) is 7.16. The highest BCUT2D eigenvalue weighted by molar-refractivity contribution is 9.10. The van der Waals surface area contributed by atoms with Crippen LogP contribution in [-0.4, -0.2) is 12.0 Å². The summed E-state index contributed by atoms with van der Waals surface area (Å²) < 4.78 is 5.84. The fraction of sp³-hybridized carbons (Fsp3) is 0.200. The number of nitrogens with one attached hydrogen (secondary N) is 1. The maximum absolute atomic E-state index is 10.7. The van der Waals surface area contributed by atoms with Crippen molar-refractivity contribution in [1.82, 2.24) is 5.32 Å². The van der Waals surface area contributed by atoms with Crippen LogP contribution in [0.3, 0.4) is 0 Å². The van der Waals surface area contributed by atoms with E-state index < -0.39 is 4.92 Å². The molecule has 0 saturated heterocycles. The molecular weight excluding hydrogens is 336 g/mol. The predicted molar refractivity (Wildman–Crippen MR) is 84.3 cm³/mol. The Labute approximate surface area is 131 Å². The van der Waals surface area contributed by atoms with Crippen molar-refractivity contribution in [2.24, 2.45) is 0 Å². The molecule has 0 fully saturated rings. The molecule has 0 aliphatic carbocycles. The second-order valence-corrected chi connectivity index (χ2v) is 5.34. The molecular formula is C15H15BrN2O3. The predicted octanol–water partition coefficient (Wildman–Crippen LogP) is 3.66. The monoisotopic (exact) mass is 350 g/mol. The van der Waals surface area contributed by atoms with Gasteiger partial charge in [-0.2, -0.15) is 0 Å². The molecule has 0 unspecified atom stereocenters. The Balaban J connectivity index is 1.92. The zero-order valence-electron chi connectivity index (χ0n) is 11.5. The number of ether oxygens (including phenoxy) is 1. The summed E-state index contributed by atoms with van der Waals surface area (Å²) in [7, 11) is 1.64. The summed E-state index contributed by atoms with van der Waals surface area (Å²) in [6.07, 6.45) is 0. The quantitative estimate of drug-likeness (QED) is 0.637. The van der Waals surface area contributed by atoms with Crippen molar-refractivity contribution >= 4 is 21.6 Å². The Morgan fingerprint density at radius 1 is 1.19 bits per heavy atom. The van der Waals surface area contributed by atoms with Crippen LogP contribution in [0.15, 0.2) is 46.9 Å². The molecule has 5 nitrogen and oxygen atoms in total. The summed E-state index contributed by atoms with van der Waals surface area (Å²) in [6.45, 7) is 1.35. The molecule has 1 N–H and O–H groups in total. The van der Waals surface area contributed by atoms with Crippen molar-refractivity contribution < 1.29 is 9.66 Å². The van der Waals surface area contributed by atoms with Crippen LogP contribution in [0, 0.1) is 10.1 Å². The largest absolute Gasteiger partial charge is 0.497 e. The van der Waals surface area contributed by atoms with Crippen LogP contribution < -0.4 is 10.1 Å². The zero-order chi connectivity index (χ0) is 15.2. The average Bonchev–Trinajstić information content (AvgIpc) is 2.49. The number of methoxy groups -OCH3 is 1. The summed E-state index contributed by atoms with van der Waals surface area (Å²) in [5.41, 5.74) is 2.21. The maximum Gasteiger partial charge on any atom is 0.270 e. The first kappa shape index (κ1) is 15.5. The van der Waals surface area contributed by atoms with Crippen molar-refractivity contribution in [3.63, 3.8) is 0 Å². The number of nitro benzene ring substituents is 1. The van der Waals surface area contributed by atoms with E-state index in [1.807, 2.05) is 24.3 Å². The van der Waals surface area contributed by atoms with E-state index in [9.17, 15) is 10.1 Å². The van der Waals surface area contributed by atoms with Gasteiger partial charge in [0.2, 0.25) is 0 Å². The molecule has 0 bridgehead atoms. The molecule has 0 spiro atoms. The number of halogens is 1. The Morgan fingerprint density at radius 2 is 1.90 bits per heavy atom. The Kier molecular flexibility index (Phi) is 5.30. The topological polar surface area (TPSA) is 64.4 Å². The fourth-order valence-corrected chi connectivity index (χ4v) is 2.38. The molecule has 0 radical (unpaired) electrons. The van der Waals surface area contributed by atoms with Gasteiger partial charge in [-0.25, -0.2) is 0 Å². The lowest BCUT2D eigenvalue weighted by Gasteiger charge is -2.08. The van der Waals surface area contributed by atoms with Crippen LogP contribution in [0.25, 0.3) is 0 Å². The normalized spacial score (nSPS) is 10.4. The summed E-state index contributed by atoms with van der Waals surface area (Å²) in [4.78, 5) is 10.3. The van der Waals surface area contributed by atoms with E-state index in [-0.39, 0.29) is 5.69 Å². The van der Waals surface area contributed by atoms with Crippen LogP contribution in [0.5, 0.6) is 5.75 Å². The molecule has 0 aliphatic heterocycles. The van der Waals surface area contributed by atoms with E-state index in [4.69, 9.17) is 4.74 Å². The van der Waals surface area contributed by atoms with E-state index in [0.717, 1.165) is 21.3 Å². The highest BCUT2D eigenvalue weighted by Gasteiger charge is 2.08. The van der Waals surface area contributed by atoms with Gasteiger partial charge in [-0.15, -0.1) is 0 Å². The van der Waals surface area contributed by atoms with Crippen molar-refractivity contribution in [3.8, 4) is 5.75 Å². The second kappa shape index (κ2) is 7.19. The van der Waals surface area contributed by atoms with Crippen molar-refractivity contribution in [1.29, 1.82) is 0 Å². The lowest BCUT2D eigenvalue weighted by atomic mass is 10.2. The van der Waals surface area contributed by atoms with Crippen LogP contribution in [0.2, 0.25) is 0 Å². The molecule has 2 aromatic rings. The molecule has 0 heterocycles. The van der Waals surface area contributed by atoms with Crippen LogP contribution in [0.1, 0.15) is 11.1 Å². The Hall–Kier alpha value is -1.92. The van der Waals surface area contributed by atoms with Gasteiger partial charge < -0.3 is 10.1 Å². The van der Waals surface area contributed by atoms with Gasteiger partial charge in [0, 0.05) is 29.7 Å². The van der Waals surface area contributed by atoms with E-state index in [2.05, 4.69) is 21.2 Å². The number of nitro groups is 1. The minimum absolute atomic E-state index is 0.0841. The lowest BCUT2D eigenvalue weighted by Crippen LogP contribution is -2.13. The first-order valence-electron chi connectivity index (χ1n) is 6.36. The van der Waals surface area contributed by atoms with Crippen molar-refractivity contribution in [2.45, 2.75) is 13.1 Å². The number of nitrogens with zero attached hydrogens (tertiary/aromatic N) is 1. The van der Waals surface area contributed by atoms with Crippen LogP contribution in [0.4, 0.5) is 5.69 Å². The second-order valence-electron chi connectivity index (χ2n) is 4.48. The van der Waals surface area contributed by atoms with Gasteiger partial charge in [-0.05, 0) is 29.3 Å². The van der Waals surface area contributed by atoms with E-state index >= 15 is 0 Å². The molecule has 0 atom stereocenters. The molecule has 2 aromatic carbocycles. The Morgan fingerprint density at radius 3 is 2.48 bits per heavy atom. The number of rotatable bonds is 6. The minimum atomic E-state index is -0.403. The molecule has 21 heavy (non-hydrogen) atoms. The molecule has 0 amide bonds. The minimum Gasteiger partial charge on any atom is -0.497 e. The van der Waals surface area contributed by atoms with E-state index in [1.165, 1.54) is 12.1 Å². The molecule has 0 aliphatic rings. The van der Waals surface area contributed by atoms with Gasteiger partial charge in [0.1, 0.15) is 5.75 Å². The van der Waals surface area contributed by atoms with Gasteiger partial charge in [0.05, 0.1) is 12.0 Å². The van der Waals surface area contributed by atoms with Gasteiger partial charge in [0.25, 0.3) is 5.69 Å². The average molecular weight is 351 g/mol. The third kappa shape index (κ3) is 4.27. The first-order chi connectivity index (χ1) is 10.1. The molecule has 6 heteroatoms. The highest BCUT2D eigenvalue weighted by atomic mass is 79.9. The number of hydrogen-bond donors (Lipinski definition) is 1. The van der Waals surface area contributed by atoms with Gasteiger partial charge >= 0.3 is 0 Å². The van der Waals surface area contributed by atoms with Gasteiger partial charge in [-0.3, -0.25) is 10.1 Å². The highest BCUT2D eigenvalue weighted by Crippen LogP contribution is 2.23. The van der Waals surface area contributed by atoms with E-state index in [1.54, 1.807) is 13.2 Å². The third-order valence-electron chi connectivity index (χ3n) is 3.05. The molecule has 0 aromatic heterocycles.